The van der Waals surface area contributed by atoms with Gasteiger partial charge in [-0.15, -0.1) is 22.7 Å². The standard InChI is InChI=1S/C26H31N7OS2/c1-33(19-8-3-2-4-9-19)16-18-7-5-6-10-21(18)31-25(34)32-26-28-15-20(36-26)11-13-27-24-23-22(12-14-35-23)29-17-30-24/h5-7,10,12,14-15,17,19H,2-4,8-9,11,13,16H2,1H3,(H,27,29,30)(H2,28,31,32,34). The largest absolute Gasteiger partial charge is 0.368 e. The van der Waals surface area contributed by atoms with E-state index in [-0.39, 0.29) is 6.03 Å². The minimum absolute atomic E-state index is 0.275. The lowest BCUT2D eigenvalue weighted by atomic mass is 9.94. The number of rotatable bonds is 9. The molecule has 4 aromatic rings. The molecule has 1 fully saturated rings. The molecule has 1 aromatic carbocycles. The SMILES string of the molecule is CN(Cc1ccccc1NC(=O)Nc1ncc(CCNc2ncnc3ccsc23)s1)C1CCCCC1. The second-order valence-electron chi connectivity index (χ2n) is 9.11. The van der Waals surface area contributed by atoms with Gasteiger partial charge < -0.3 is 10.6 Å². The summed E-state index contributed by atoms with van der Waals surface area (Å²) >= 11 is 3.11. The Morgan fingerprint density at radius 2 is 1.94 bits per heavy atom. The van der Waals surface area contributed by atoms with Crippen molar-refractivity contribution in [1.82, 2.24) is 19.9 Å². The molecule has 3 N–H and O–H groups in total. The van der Waals surface area contributed by atoms with Crippen LogP contribution in [0.15, 0.2) is 48.2 Å². The van der Waals surface area contributed by atoms with Gasteiger partial charge in [0.15, 0.2) is 5.13 Å². The van der Waals surface area contributed by atoms with E-state index in [4.69, 9.17) is 0 Å². The smallest absolute Gasteiger partial charge is 0.325 e. The summed E-state index contributed by atoms with van der Waals surface area (Å²) in [6, 6.07) is 10.4. The van der Waals surface area contributed by atoms with Crippen LogP contribution in [0.3, 0.4) is 0 Å². The fourth-order valence-electron chi connectivity index (χ4n) is 4.65. The van der Waals surface area contributed by atoms with E-state index in [0.717, 1.165) is 51.7 Å². The van der Waals surface area contributed by atoms with Gasteiger partial charge in [-0.2, -0.15) is 0 Å². The highest BCUT2D eigenvalue weighted by Crippen LogP contribution is 2.26. The van der Waals surface area contributed by atoms with Crippen LogP contribution in [0.5, 0.6) is 0 Å². The van der Waals surface area contributed by atoms with Crippen LogP contribution in [0.1, 0.15) is 42.5 Å². The zero-order valence-electron chi connectivity index (χ0n) is 20.4. The van der Waals surface area contributed by atoms with Crippen molar-refractivity contribution in [2.45, 2.75) is 51.1 Å². The average molecular weight is 522 g/mol. The van der Waals surface area contributed by atoms with E-state index < -0.39 is 0 Å². The molecular weight excluding hydrogens is 490 g/mol. The second-order valence-corrected chi connectivity index (χ2v) is 11.1. The number of amides is 2. The van der Waals surface area contributed by atoms with E-state index in [1.54, 1.807) is 17.7 Å². The molecule has 3 heterocycles. The van der Waals surface area contributed by atoms with Crippen LogP contribution in [-0.4, -0.2) is 45.5 Å². The van der Waals surface area contributed by atoms with Gasteiger partial charge in [0.2, 0.25) is 0 Å². The lowest BCUT2D eigenvalue weighted by Gasteiger charge is -2.31. The van der Waals surface area contributed by atoms with Gasteiger partial charge in [0.1, 0.15) is 12.1 Å². The van der Waals surface area contributed by atoms with Gasteiger partial charge in [0, 0.05) is 42.3 Å². The van der Waals surface area contributed by atoms with Gasteiger partial charge in [0.25, 0.3) is 0 Å². The van der Waals surface area contributed by atoms with Crippen LogP contribution in [0.4, 0.5) is 21.4 Å². The van der Waals surface area contributed by atoms with E-state index in [1.165, 1.54) is 43.4 Å². The maximum atomic E-state index is 12.7. The molecule has 0 spiro atoms. The van der Waals surface area contributed by atoms with E-state index in [1.807, 2.05) is 35.8 Å². The minimum atomic E-state index is -0.275. The molecule has 8 nitrogen and oxygen atoms in total. The third-order valence-corrected chi connectivity index (χ3v) is 8.45. The van der Waals surface area contributed by atoms with Crippen molar-refractivity contribution >= 4 is 55.6 Å². The Bertz CT molecular complexity index is 1300. The van der Waals surface area contributed by atoms with Gasteiger partial charge in [-0.3, -0.25) is 10.2 Å². The Balaban J connectivity index is 1.12. The van der Waals surface area contributed by atoms with Gasteiger partial charge in [-0.05, 0) is 43.0 Å². The maximum Gasteiger partial charge on any atom is 0.325 e. The number of nitrogens with zero attached hydrogens (tertiary/aromatic N) is 4. The Morgan fingerprint density at radius 3 is 2.83 bits per heavy atom. The van der Waals surface area contributed by atoms with E-state index in [9.17, 15) is 4.79 Å². The van der Waals surface area contributed by atoms with E-state index >= 15 is 0 Å². The predicted molar refractivity (Wildman–Crippen MR) is 149 cm³/mol. The number of carbonyl (C=O) groups is 1. The molecule has 0 atom stereocenters. The number of hydrogen-bond donors (Lipinski definition) is 3. The van der Waals surface area contributed by atoms with Gasteiger partial charge in [-0.1, -0.05) is 37.5 Å². The van der Waals surface area contributed by atoms with Crippen LogP contribution in [0, 0.1) is 0 Å². The molecule has 188 valence electrons. The second kappa shape index (κ2) is 11.8. The number of anilines is 3. The van der Waals surface area contributed by atoms with Crippen molar-refractivity contribution in [2.24, 2.45) is 0 Å². The molecular formula is C26H31N7OS2. The number of benzene rings is 1. The lowest BCUT2D eigenvalue weighted by Crippen LogP contribution is -2.33. The van der Waals surface area contributed by atoms with Gasteiger partial charge in [0.05, 0.1) is 10.2 Å². The van der Waals surface area contributed by atoms with Crippen molar-refractivity contribution < 1.29 is 4.79 Å². The van der Waals surface area contributed by atoms with E-state index in [2.05, 4.69) is 48.9 Å². The van der Waals surface area contributed by atoms with Crippen molar-refractivity contribution in [2.75, 3.05) is 29.5 Å². The van der Waals surface area contributed by atoms with Crippen molar-refractivity contribution in [3.8, 4) is 0 Å². The molecule has 36 heavy (non-hydrogen) atoms. The van der Waals surface area contributed by atoms with Crippen molar-refractivity contribution in [3.05, 3.63) is 58.7 Å². The highest BCUT2D eigenvalue weighted by atomic mass is 32.1. The molecule has 5 rings (SSSR count). The normalized spacial score (nSPS) is 14.3. The first-order valence-corrected chi connectivity index (χ1v) is 14.1. The number of nitrogens with one attached hydrogen (secondary N) is 3. The molecule has 0 bridgehead atoms. The monoisotopic (exact) mass is 521 g/mol. The summed E-state index contributed by atoms with van der Waals surface area (Å²) in [5.41, 5.74) is 2.91. The summed E-state index contributed by atoms with van der Waals surface area (Å²) in [5.74, 6) is 0.852. The third-order valence-electron chi connectivity index (χ3n) is 6.56. The number of hydrogen-bond acceptors (Lipinski definition) is 8. The van der Waals surface area contributed by atoms with Crippen LogP contribution < -0.4 is 16.0 Å². The molecule has 0 unspecified atom stereocenters. The number of urea groups is 1. The quantitative estimate of drug-likeness (QED) is 0.242. The van der Waals surface area contributed by atoms with Gasteiger partial charge in [-0.25, -0.2) is 19.7 Å². The summed E-state index contributed by atoms with van der Waals surface area (Å²) in [7, 11) is 2.19. The zero-order chi connectivity index (χ0) is 24.7. The minimum Gasteiger partial charge on any atom is -0.368 e. The topological polar surface area (TPSA) is 95.1 Å². The molecule has 0 radical (unpaired) electrons. The summed E-state index contributed by atoms with van der Waals surface area (Å²) < 4.78 is 1.06. The number of thiophene rings is 1. The van der Waals surface area contributed by atoms with Crippen molar-refractivity contribution in [3.63, 3.8) is 0 Å². The number of fused-ring (bicyclic) bond motifs is 1. The fraction of sp³-hybridized carbons (Fsp3) is 0.385. The number of aromatic nitrogens is 3. The number of thiazole rings is 1. The molecule has 1 aliphatic carbocycles. The van der Waals surface area contributed by atoms with Gasteiger partial charge >= 0.3 is 6.03 Å². The third kappa shape index (κ3) is 6.18. The molecule has 10 heteroatoms. The molecule has 1 saturated carbocycles. The maximum absolute atomic E-state index is 12.7. The molecule has 2 amide bonds. The summed E-state index contributed by atoms with van der Waals surface area (Å²) in [6.07, 6.45) is 10.7. The van der Waals surface area contributed by atoms with Crippen LogP contribution in [-0.2, 0) is 13.0 Å². The Labute approximate surface area is 219 Å². The summed E-state index contributed by atoms with van der Waals surface area (Å²) in [6.45, 7) is 1.54. The fourth-order valence-corrected chi connectivity index (χ4v) is 6.27. The highest BCUT2D eigenvalue weighted by Gasteiger charge is 2.19. The van der Waals surface area contributed by atoms with Crippen LogP contribution >= 0.6 is 22.7 Å². The molecule has 3 aromatic heterocycles. The van der Waals surface area contributed by atoms with E-state index in [0.29, 0.717) is 11.2 Å². The molecule has 0 aliphatic heterocycles. The van der Waals surface area contributed by atoms with Crippen molar-refractivity contribution in [1.29, 1.82) is 0 Å². The number of para-hydroxylation sites is 1. The molecule has 0 saturated heterocycles. The van der Waals surface area contributed by atoms with Crippen LogP contribution in [0.25, 0.3) is 10.2 Å². The highest BCUT2D eigenvalue weighted by molar-refractivity contribution is 7.17. The lowest BCUT2D eigenvalue weighted by molar-refractivity contribution is 0.185. The van der Waals surface area contributed by atoms with Crippen LogP contribution in [0.2, 0.25) is 0 Å². The average Bonchev–Trinajstić information content (AvgIpc) is 3.56. The summed E-state index contributed by atoms with van der Waals surface area (Å²) in [5, 5.41) is 11.9. The predicted octanol–water partition coefficient (Wildman–Crippen LogP) is 6.21. The number of carbonyl (C=O) groups excluding carboxylic acids is 1. The summed E-state index contributed by atoms with van der Waals surface area (Å²) in [4.78, 5) is 29.3. The zero-order valence-corrected chi connectivity index (χ0v) is 22.0. The first kappa shape index (κ1) is 24.6. The first-order valence-electron chi connectivity index (χ1n) is 12.4. The Hall–Kier alpha value is -3.08. The first-order chi connectivity index (χ1) is 17.7. The molecule has 1 aliphatic rings. The Morgan fingerprint density at radius 1 is 1.08 bits per heavy atom. The Kier molecular flexibility index (Phi) is 8.04.